The summed E-state index contributed by atoms with van der Waals surface area (Å²) in [7, 11) is -0.177. The molecular formula is C9H21NO3S. The minimum atomic E-state index is -3.85. The minimum absolute atomic E-state index is 0.0726. The molecule has 0 aromatic rings. The monoisotopic (exact) mass is 223 g/mol. The maximum atomic E-state index is 10.7. The summed E-state index contributed by atoms with van der Waals surface area (Å²) in [4.78, 5) is 1.85. The molecule has 0 aliphatic heterocycles. The summed E-state index contributed by atoms with van der Waals surface area (Å²) in [5.74, 6) is -0.163. The lowest BCUT2D eigenvalue weighted by atomic mass is 10.1. The summed E-state index contributed by atoms with van der Waals surface area (Å²) in [6.45, 7) is 2.10. The number of unbranched alkanes of at least 4 members (excludes halogenated alkanes) is 2. The van der Waals surface area contributed by atoms with Crippen molar-refractivity contribution in [1.82, 2.24) is 4.90 Å². The zero-order chi connectivity index (χ0) is 11.2. The van der Waals surface area contributed by atoms with E-state index in [0.29, 0.717) is 0 Å². The summed E-state index contributed by atoms with van der Waals surface area (Å²) in [5.41, 5.74) is 0. The van der Waals surface area contributed by atoms with Gasteiger partial charge in [-0.25, -0.2) is 0 Å². The van der Waals surface area contributed by atoms with Gasteiger partial charge >= 0.3 is 0 Å². The van der Waals surface area contributed by atoms with Crippen LogP contribution in [-0.4, -0.2) is 43.8 Å². The average molecular weight is 223 g/mol. The molecule has 0 saturated heterocycles. The second kappa shape index (κ2) is 6.37. The Morgan fingerprint density at radius 3 is 2.21 bits per heavy atom. The molecule has 0 radical (unpaired) electrons. The van der Waals surface area contributed by atoms with E-state index in [4.69, 9.17) is 4.55 Å². The Morgan fingerprint density at radius 2 is 1.86 bits per heavy atom. The van der Waals surface area contributed by atoms with Gasteiger partial charge in [0.2, 0.25) is 0 Å². The average Bonchev–Trinajstić information content (AvgIpc) is 2.00. The molecule has 4 nitrogen and oxygen atoms in total. The van der Waals surface area contributed by atoms with Gasteiger partial charge in [0.25, 0.3) is 10.1 Å². The third kappa shape index (κ3) is 7.29. The Morgan fingerprint density at radius 1 is 1.29 bits per heavy atom. The van der Waals surface area contributed by atoms with Crippen molar-refractivity contribution >= 4 is 10.1 Å². The Balaban J connectivity index is 4.04. The summed E-state index contributed by atoms with van der Waals surface area (Å²) in [6.07, 6.45) is 4.05. The van der Waals surface area contributed by atoms with Gasteiger partial charge in [-0.3, -0.25) is 4.55 Å². The highest BCUT2D eigenvalue weighted by Crippen LogP contribution is 2.09. The Labute approximate surface area is 87.0 Å². The summed E-state index contributed by atoms with van der Waals surface area (Å²) < 4.78 is 30.2. The van der Waals surface area contributed by atoms with Crippen molar-refractivity contribution in [2.45, 2.75) is 38.6 Å². The topological polar surface area (TPSA) is 57.6 Å². The van der Waals surface area contributed by atoms with E-state index in [1.165, 1.54) is 0 Å². The number of hydrogen-bond donors (Lipinski definition) is 1. The standard InChI is InChI=1S/C9H21NO3S/c1-4-5-6-7-9(10(2)3)8-14(11,12)13/h9H,4-8H2,1-3H3,(H,11,12,13). The van der Waals surface area contributed by atoms with Crippen molar-refractivity contribution < 1.29 is 13.0 Å². The molecule has 0 bridgehead atoms. The van der Waals surface area contributed by atoms with E-state index in [0.717, 1.165) is 25.7 Å². The predicted molar refractivity (Wildman–Crippen MR) is 58.0 cm³/mol. The van der Waals surface area contributed by atoms with Gasteiger partial charge in [-0.1, -0.05) is 26.2 Å². The minimum Gasteiger partial charge on any atom is -0.305 e. The van der Waals surface area contributed by atoms with E-state index in [9.17, 15) is 8.42 Å². The first-order chi connectivity index (χ1) is 6.37. The predicted octanol–water partition coefficient (Wildman–Crippen LogP) is 1.38. The molecule has 0 heterocycles. The number of nitrogens with zero attached hydrogens (tertiary/aromatic N) is 1. The van der Waals surface area contributed by atoms with Crippen molar-refractivity contribution in [1.29, 1.82) is 0 Å². The van der Waals surface area contributed by atoms with Crippen molar-refractivity contribution in [3.63, 3.8) is 0 Å². The first kappa shape index (κ1) is 13.9. The molecule has 0 aliphatic rings. The van der Waals surface area contributed by atoms with Gasteiger partial charge in [-0.15, -0.1) is 0 Å². The molecule has 0 spiro atoms. The summed E-state index contributed by atoms with van der Waals surface area (Å²) >= 11 is 0. The highest BCUT2D eigenvalue weighted by Gasteiger charge is 2.18. The SMILES string of the molecule is CCCCCC(CS(=O)(=O)O)N(C)C. The lowest BCUT2D eigenvalue weighted by molar-refractivity contribution is 0.289. The van der Waals surface area contributed by atoms with Crippen LogP contribution in [0.15, 0.2) is 0 Å². The highest BCUT2D eigenvalue weighted by atomic mass is 32.2. The van der Waals surface area contributed by atoms with Crippen molar-refractivity contribution in [2.75, 3.05) is 19.8 Å². The molecule has 0 aliphatic carbocycles. The second-order valence-electron chi connectivity index (χ2n) is 3.86. The summed E-state index contributed by atoms with van der Waals surface area (Å²) in [6, 6.07) is -0.0726. The fraction of sp³-hybridized carbons (Fsp3) is 1.00. The molecule has 0 aromatic carbocycles. The first-order valence-electron chi connectivity index (χ1n) is 4.98. The molecule has 0 amide bonds. The van der Waals surface area contributed by atoms with E-state index in [1.54, 1.807) is 0 Å². The van der Waals surface area contributed by atoms with E-state index in [-0.39, 0.29) is 11.8 Å². The van der Waals surface area contributed by atoms with Gasteiger partial charge in [0.15, 0.2) is 0 Å². The van der Waals surface area contributed by atoms with Crippen LogP contribution in [0.3, 0.4) is 0 Å². The molecule has 86 valence electrons. The molecular weight excluding hydrogens is 202 g/mol. The van der Waals surface area contributed by atoms with E-state index in [1.807, 2.05) is 19.0 Å². The van der Waals surface area contributed by atoms with Crippen LogP contribution in [0.25, 0.3) is 0 Å². The third-order valence-electron chi connectivity index (χ3n) is 2.27. The molecule has 1 unspecified atom stereocenters. The maximum Gasteiger partial charge on any atom is 0.266 e. The fourth-order valence-electron chi connectivity index (χ4n) is 1.36. The first-order valence-corrected chi connectivity index (χ1v) is 6.59. The fourth-order valence-corrected chi connectivity index (χ4v) is 2.31. The highest BCUT2D eigenvalue weighted by molar-refractivity contribution is 7.85. The Bertz CT molecular complexity index is 236. The van der Waals surface area contributed by atoms with Gasteiger partial charge < -0.3 is 4.90 Å². The van der Waals surface area contributed by atoms with Gasteiger partial charge in [0, 0.05) is 6.04 Å². The Kier molecular flexibility index (Phi) is 6.31. The van der Waals surface area contributed by atoms with E-state index >= 15 is 0 Å². The van der Waals surface area contributed by atoms with Crippen LogP contribution in [-0.2, 0) is 10.1 Å². The lowest BCUT2D eigenvalue weighted by Crippen LogP contribution is -2.34. The quantitative estimate of drug-likeness (QED) is 0.523. The smallest absolute Gasteiger partial charge is 0.266 e. The van der Waals surface area contributed by atoms with Crippen LogP contribution in [0.5, 0.6) is 0 Å². The van der Waals surface area contributed by atoms with Crippen LogP contribution in [0, 0.1) is 0 Å². The molecule has 14 heavy (non-hydrogen) atoms. The summed E-state index contributed by atoms with van der Waals surface area (Å²) in [5, 5.41) is 0. The van der Waals surface area contributed by atoms with Crippen molar-refractivity contribution in [2.24, 2.45) is 0 Å². The third-order valence-corrected chi connectivity index (χ3v) is 3.08. The largest absolute Gasteiger partial charge is 0.305 e. The van der Waals surface area contributed by atoms with Gasteiger partial charge in [-0.05, 0) is 20.5 Å². The van der Waals surface area contributed by atoms with E-state index in [2.05, 4.69) is 6.92 Å². The van der Waals surface area contributed by atoms with Crippen LogP contribution in [0.1, 0.15) is 32.6 Å². The number of rotatable bonds is 7. The molecule has 0 rings (SSSR count). The molecule has 1 atom stereocenters. The molecule has 1 N–H and O–H groups in total. The molecule has 0 saturated carbocycles. The normalized spacial score (nSPS) is 14.6. The zero-order valence-electron chi connectivity index (χ0n) is 9.23. The van der Waals surface area contributed by atoms with Gasteiger partial charge in [0.1, 0.15) is 0 Å². The van der Waals surface area contributed by atoms with Gasteiger partial charge in [-0.2, -0.15) is 8.42 Å². The van der Waals surface area contributed by atoms with Crippen LogP contribution < -0.4 is 0 Å². The van der Waals surface area contributed by atoms with Crippen molar-refractivity contribution in [3.8, 4) is 0 Å². The molecule has 5 heteroatoms. The number of hydrogen-bond acceptors (Lipinski definition) is 3. The van der Waals surface area contributed by atoms with Crippen LogP contribution >= 0.6 is 0 Å². The molecule has 0 fully saturated rings. The lowest BCUT2D eigenvalue weighted by Gasteiger charge is -2.22. The van der Waals surface area contributed by atoms with Crippen LogP contribution in [0.4, 0.5) is 0 Å². The zero-order valence-corrected chi connectivity index (χ0v) is 10.0. The Hall–Kier alpha value is -0.130. The van der Waals surface area contributed by atoms with Gasteiger partial charge in [0.05, 0.1) is 5.75 Å². The molecule has 0 aromatic heterocycles. The van der Waals surface area contributed by atoms with E-state index < -0.39 is 10.1 Å². The maximum absolute atomic E-state index is 10.7. The van der Waals surface area contributed by atoms with Crippen LogP contribution in [0.2, 0.25) is 0 Å². The second-order valence-corrected chi connectivity index (χ2v) is 5.36. The van der Waals surface area contributed by atoms with Crippen molar-refractivity contribution in [3.05, 3.63) is 0 Å².